The maximum absolute atomic E-state index is 12.4. The largest absolute Gasteiger partial charge is 0.350 e. The predicted molar refractivity (Wildman–Crippen MR) is 104 cm³/mol. The van der Waals surface area contributed by atoms with Crippen LogP contribution in [0.3, 0.4) is 0 Å². The molecule has 0 atom stereocenters. The number of hydrogen-bond acceptors (Lipinski definition) is 3. The molecule has 144 valence electrons. The van der Waals surface area contributed by atoms with Crippen molar-refractivity contribution in [3.63, 3.8) is 0 Å². The van der Waals surface area contributed by atoms with E-state index in [1.165, 1.54) is 31.5 Å². The van der Waals surface area contributed by atoms with Crippen LogP contribution < -0.4 is 10.2 Å². The molecule has 1 saturated heterocycles. The van der Waals surface area contributed by atoms with Crippen LogP contribution in [-0.4, -0.2) is 42.3 Å². The van der Waals surface area contributed by atoms with Crippen molar-refractivity contribution in [3.8, 4) is 0 Å². The van der Waals surface area contributed by atoms with Crippen LogP contribution in [0.5, 0.6) is 0 Å². The van der Waals surface area contributed by atoms with Crippen molar-refractivity contribution < 1.29 is 19.3 Å². The number of rotatable bonds is 6. The van der Waals surface area contributed by atoms with Crippen LogP contribution >= 0.6 is 0 Å². The van der Waals surface area contributed by atoms with E-state index >= 15 is 0 Å². The molecule has 6 heteroatoms. The minimum atomic E-state index is -0.409. The van der Waals surface area contributed by atoms with Crippen LogP contribution in [0, 0.1) is 0 Å². The maximum atomic E-state index is 12.4. The van der Waals surface area contributed by atoms with E-state index in [2.05, 4.69) is 11.4 Å². The number of benzene rings is 2. The smallest absolute Gasteiger partial charge is 0.262 e. The molecule has 0 saturated carbocycles. The van der Waals surface area contributed by atoms with Gasteiger partial charge in [-0.1, -0.05) is 36.4 Å². The number of amides is 3. The normalized spacial score (nSPS) is 16.5. The van der Waals surface area contributed by atoms with E-state index in [-0.39, 0.29) is 12.5 Å². The molecule has 0 spiro atoms. The Bertz CT molecular complexity index is 884. The van der Waals surface area contributed by atoms with Crippen molar-refractivity contribution in [1.82, 2.24) is 10.2 Å². The van der Waals surface area contributed by atoms with E-state index in [0.29, 0.717) is 17.7 Å². The number of carbonyl (C=O) groups excluding carboxylic acids is 3. The van der Waals surface area contributed by atoms with Gasteiger partial charge in [-0.15, -0.1) is 0 Å². The fourth-order valence-corrected chi connectivity index (χ4v) is 4.00. The van der Waals surface area contributed by atoms with Gasteiger partial charge in [-0.25, -0.2) is 0 Å². The number of nitrogens with zero attached hydrogens (tertiary/aromatic N) is 1. The highest BCUT2D eigenvalue weighted by Gasteiger charge is 2.36. The number of quaternary nitrogens is 1. The molecule has 0 aromatic heterocycles. The molecule has 28 heavy (non-hydrogen) atoms. The number of imide groups is 1. The highest BCUT2D eigenvalue weighted by atomic mass is 16.2. The summed E-state index contributed by atoms with van der Waals surface area (Å²) in [4.78, 5) is 39.8. The summed E-state index contributed by atoms with van der Waals surface area (Å²) in [5.41, 5.74) is 3.04. The van der Waals surface area contributed by atoms with Gasteiger partial charge in [-0.2, -0.15) is 0 Å². The third kappa shape index (κ3) is 3.68. The van der Waals surface area contributed by atoms with Gasteiger partial charge in [0.05, 0.1) is 24.2 Å². The number of hydrogen-bond donors (Lipinski definition) is 2. The lowest BCUT2D eigenvalue weighted by Crippen LogP contribution is -3.08. The van der Waals surface area contributed by atoms with Gasteiger partial charge in [-0.3, -0.25) is 19.3 Å². The topological polar surface area (TPSA) is 70.9 Å². The molecule has 2 aliphatic rings. The Balaban J connectivity index is 1.37. The average Bonchev–Trinajstić information content (AvgIpc) is 3.30. The standard InChI is InChI=1S/C22H23N3O3/c26-20(15-25-21(27)18-9-3-4-10-19(18)22(25)28)23-13-16-7-1-2-8-17(16)14-24-11-5-6-12-24/h1-4,7-10H,5-6,11-15H2,(H,23,26)/p+1. The maximum Gasteiger partial charge on any atom is 0.262 e. The minimum Gasteiger partial charge on any atom is -0.350 e. The lowest BCUT2D eigenvalue weighted by atomic mass is 10.1. The average molecular weight is 378 g/mol. The van der Waals surface area contributed by atoms with Crippen molar-refractivity contribution in [2.75, 3.05) is 19.6 Å². The number of likely N-dealkylation sites (tertiary alicyclic amines) is 1. The monoisotopic (exact) mass is 378 g/mol. The van der Waals surface area contributed by atoms with Crippen LogP contribution in [-0.2, 0) is 17.9 Å². The Morgan fingerprint density at radius 1 is 0.893 bits per heavy atom. The van der Waals surface area contributed by atoms with Gasteiger partial charge in [0.25, 0.3) is 11.8 Å². The van der Waals surface area contributed by atoms with Crippen LogP contribution in [0.25, 0.3) is 0 Å². The highest BCUT2D eigenvalue weighted by molar-refractivity contribution is 6.22. The molecular weight excluding hydrogens is 354 g/mol. The van der Waals surface area contributed by atoms with Gasteiger partial charge in [-0.05, 0) is 17.7 Å². The molecule has 0 radical (unpaired) electrons. The van der Waals surface area contributed by atoms with Gasteiger partial charge in [0.1, 0.15) is 13.1 Å². The van der Waals surface area contributed by atoms with Gasteiger partial charge in [0.15, 0.2) is 0 Å². The molecule has 2 heterocycles. The van der Waals surface area contributed by atoms with Crippen LogP contribution in [0.2, 0.25) is 0 Å². The Labute approximate surface area is 164 Å². The van der Waals surface area contributed by atoms with Crippen molar-refractivity contribution in [3.05, 3.63) is 70.8 Å². The first kappa shape index (κ1) is 18.4. The molecule has 4 rings (SSSR count). The number of nitrogens with one attached hydrogen (secondary N) is 2. The zero-order chi connectivity index (χ0) is 19.5. The summed E-state index contributed by atoms with van der Waals surface area (Å²) >= 11 is 0. The first-order chi connectivity index (χ1) is 13.6. The second-order valence-corrected chi connectivity index (χ2v) is 7.42. The third-order valence-electron chi connectivity index (χ3n) is 5.53. The van der Waals surface area contributed by atoms with E-state index < -0.39 is 11.8 Å². The molecule has 1 fully saturated rings. The van der Waals surface area contributed by atoms with Crippen LogP contribution in [0.1, 0.15) is 44.7 Å². The van der Waals surface area contributed by atoms with Crippen LogP contribution in [0.15, 0.2) is 48.5 Å². The number of carbonyl (C=O) groups is 3. The van der Waals surface area contributed by atoms with Gasteiger partial charge in [0.2, 0.25) is 5.91 Å². The summed E-state index contributed by atoms with van der Waals surface area (Å²) in [7, 11) is 0. The fraction of sp³-hybridized carbons (Fsp3) is 0.318. The van der Waals surface area contributed by atoms with Crippen molar-refractivity contribution in [1.29, 1.82) is 0 Å². The van der Waals surface area contributed by atoms with Gasteiger partial charge >= 0.3 is 0 Å². The lowest BCUT2D eigenvalue weighted by Gasteiger charge is -2.17. The molecule has 0 bridgehead atoms. The Morgan fingerprint density at radius 2 is 1.46 bits per heavy atom. The first-order valence-electron chi connectivity index (χ1n) is 9.76. The van der Waals surface area contributed by atoms with Crippen molar-refractivity contribution in [2.45, 2.75) is 25.9 Å². The Kier molecular flexibility index (Phi) is 5.21. The Morgan fingerprint density at radius 3 is 2.11 bits per heavy atom. The van der Waals surface area contributed by atoms with E-state index in [1.807, 2.05) is 18.2 Å². The van der Waals surface area contributed by atoms with E-state index in [1.54, 1.807) is 29.2 Å². The SMILES string of the molecule is O=C(CN1C(=O)c2ccccc2C1=O)NCc1ccccc1C[NH+]1CCCC1. The molecule has 2 aliphatic heterocycles. The second-order valence-electron chi connectivity index (χ2n) is 7.42. The number of fused-ring (bicyclic) bond motifs is 1. The second kappa shape index (κ2) is 7.94. The summed E-state index contributed by atoms with van der Waals surface area (Å²) in [5.74, 6) is -1.15. The molecule has 2 aromatic carbocycles. The molecule has 3 amide bonds. The summed E-state index contributed by atoms with van der Waals surface area (Å²) in [6, 6.07) is 14.8. The molecule has 6 nitrogen and oxygen atoms in total. The Hall–Kier alpha value is -2.99. The lowest BCUT2D eigenvalue weighted by molar-refractivity contribution is -0.901. The molecule has 0 unspecified atom stereocenters. The summed E-state index contributed by atoms with van der Waals surface area (Å²) in [6.07, 6.45) is 2.54. The van der Waals surface area contributed by atoms with E-state index in [9.17, 15) is 14.4 Å². The van der Waals surface area contributed by atoms with E-state index in [4.69, 9.17) is 0 Å². The van der Waals surface area contributed by atoms with Crippen molar-refractivity contribution >= 4 is 17.7 Å². The third-order valence-corrected chi connectivity index (χ3v) is 5.53. The van der Waals surface area contributed by atoms with Gasteiger partial charge in [0, 0.05) is 24.9 Å². The first-order valence-corrected chi connectivity index (χ1v) is 9.76. The molecule has 0 aliphatic carbocycles. The highest BCUT2D eigenvalue weighted by Crippen LogP contribution is 2.21. The summed E-state index contributed by atoms with van der Waals surface area (Å²) in [5, 5.41) is 2.86. The summed E-state index contributed by atoms with van der Waals surface area (Å²) in [6.45, 7) is 3.49. The molecule has 2 aromatic rings. The minimum absolute atomic E-state index is 0.258. The van der Waals surface area contributed by atoms with Gasteiger partial charge < -0.3 is 10.2 Å². The molecule has 2 N–H and O–H groups in total. The zero-order valence-electron chi connectivity index (χ0n) is 15.7. The molecular formula is C22H24N3O3+. The van der Waals surface area contributed by atoms with Crippen LogP contribution in [0.4, 0.5) is 0 Å². The summed E-state index contributed by atoms with van der Waals surface area (Å²) < 4.78 is 0. The fourth-order valence-electron chi connectivity index (χ4n) is 4.00. The van der Waals surface area contributed by atoms with E-state index in [0.717, 1.165) is 17.0 Å². The zero-order valence-corrected chi connectivity index (χ0v) is 15.7. The van der Waals surface area contributed by atoms with Crippen molar-refractivity contribution in [2.24, 2.45) is 0 Å². The quantitative estimate of drug-likeness (QED) is 0.730. The predicted octanol–water partition coefficient (Wildman–Crippen LogP) is 0.778.